The van der Waals surface area contributed by atoms with Crippen molar-refractivity contribution < 1.29 is 9.59 Å². The Kier molecular flexibility index (Phi) is 4.39. The fourth-order valence-electron chi connectivity index (χ4n) is 2.58. The van der Waals surface area contributed by atoms with Crippen molar-refractivity contribution in [3.05, 3.63) is 18.0 Å². The molecule has 0 saturated carbocycles. The minimum absolute atomic E-state index is 0.0875. The second kappa shape index (κ2) is 6.04. The number of rotatable bonds is 4. The molecule has 1 aromatic heterocycles. The van der Waals surface area contributed by atoms with Crippen molar-refractivity contribution in [3.63, 3.8) is 0 Å². The number of nitrogens with two attached hydrogens (primary N) is 2. The summed E-state index contributed by atoms with van der Waals surface area (Å²) < 4.78 is 1.63. The summed E-state index contributed by atoms with van der Waals surface area (Å²) >= 11 is 0. The van der Waals surface area contributed by atoms with Crippen LogP contribution < -0.4 is 11.5 Å². The lowest BCUT2D eigenvalue weighted by Gasteiger charge is -2.33. The number of hydrogen-bond donors (Lipinski definition) is 2. The van der Waals surface area contributed by atoms with Gasteiger partial charge >= 0.3 is 0 Å². The molecule has 1 unspecified atom stereocenters. The maximum absolute atomic E-state index is 12.3. The molecule has 2 heterocycles. The van der Waals surface area contributed by atoms with Gasteiger partial charge in [-0.15, -0.1) is 0 Å². The lowest BCUT2D eigenvalue weighted by Crippen LogP contribution is -2.43. The summed E-state index contributed by atoms with van der Waals surface area (Å²) in [6.07, 6.45) is 5.37. The lowest BCUT2D eigenvalue weighted by atomic mass is 9.93. The Morgan fingerprint density at radius 1 is 1.45 bits per heavy atom. The molecule has 1 saturated heterocycles. The van der Waals surface area contributed by atoms with Gasteiger partial charge in [0.05, 0.1) is 6.20 Å². The van der Waals surface area contributed by atoms with E-state index >= 15 is 0 Å². The Bertz CT molecular complexity index is 491. The first-order valence-electron chi connectivity index (χ1n) is 6.78. The van der Waals surface area contributed by atoms with Gasteiger partial charge in [0.1, 0.15) is 6.04 Å². The van der Waals surface area contributed by atoms with E-state index in [0.29, 0.717) is 19.5 Å². The summed E-state index contributed by atoms with van der Waals surface area (Å²) in [4.78, 5) is 25.0. The Labute approximate surface area is 117 Å². The number of aryl methyl sites for hydroxylation is 1. The van der Waals surface area contributed by atoms with Crippen LogP contribution in [0.15, 0.2) is 12.4 Å². The molecule has 0 aromatic carbocycles. The maximum atomic E-state index is 12.3. The monoisotopic (exact) mass is 279 g/mol. The molecule has 0 spiro atoms. The van der Waals surface area contributed by atoms with Gasteiger partial charge in [0.2, 0.25) is 11.8 Å². The molecular weight excluding hydrogens is 258 g/mol. The average molecular weight is 279 g/mol. The van der Waals surface area contributed by atoms with Crippen LogP contribution in [0.4, 0.5) is 0 Å². The standard InChI is InChI=1S/C13H21N5O2/c1-17-8-10(7-16-17)12(15)13(20)18-4-2-9(3-5-18)6-11(14)19/h7-9,12H,2-6,15H2,1H3,(H2,14,19). The van der Waals surface area contributed by atoms with E-state index in [1.165, 1.54) is 0 Å². The molecule has 1 atom stereocenters. The number of carbonyl (C=O) groups excluding carboxylic acids is 2. The van der Waals surface area contributed by atoms with Gasteiger partial charge in [-0.3, -0.25) is 14.3 Å². The third kappa shape index (κ3) is 3.36. The Hall–Kier alpha value is -1.89. The number of nitrogens with zero attached hydrogens (tertiary/aromatic N) is 3. The maximum Gasteiger partial charge on any atom is 0.244 e. The molecule has 1 aliphatic rings. The molecular formula is C13H21N5O2. The molecule has 2 rings (SSSR count). The Balaban J connectivity index is 1.90. The van der Waals surface area contributed by atoms with Crippen LogP contribution in [0.3, 0.4) is 0 Å². The van der Waals surface area contributed by atoms with Crippen molar-refractivity contribution in [2.24, 2.45) is 24.4 Å². The van der Waals surface area contributed by atoms with Crippen LogP contribution in [0.25, 0.3) is 0 Å². The molecule has 0 radical (unpaired) electrons. The first-order chi connectivity index (χ1) is 9.47. The van der Waals surface area contributed by atoms with Crippen molar-refractivity contribution in [2.75, 3.05) is 13.1 Å². The molecule has 20 heavy (non-hydrogen) atoms. The highest BCUT2D eigenvalue weighted by atomic mass is 16.2. The van der Waals surface area contributed by atoms with Gasteiger partial charge in [0.15, 0.2) is 0 Å². The molecule has 7 nitrogen and oxygen atoms in total. The smallest absolute Gasteiger partial charge is 0.244 e. The van der Waals surface area contributed by atoms with Crippen LogP contribution in [-0.2, 0) is 16.6 Å². The summed E-state index contributed by atoms with van der Waals surface area (Å²) in [5.41, 5.74) is 11.9. The van der Waals surface area contributed by atoms with Gasteiger partial charge < -0.3 is 16.4 Å². The minimum atomic E-state index is -0.670. The predicted octanol–water partition coefficient (Wildman–Crippen LogP) is -0.466. The molecule has 110 valence electrons. The molecule has 1 fully saturated rings. The number of aromatic nitrogens is 2. The first kappa shape index (κ1) is 14.5. The van der Waals surface area contributed by atoms with E-state index in [1.54, 1.807) is 29.0 Å². The largest absolute Gasteiger partial charge is 0.370 e. The predicted molar refractivity (Wildman–Crippen MR) is 73.3 cm³/mol. The molecule has 4 N–H and O–H groups in total. The minimum Gasteiger partial charge on any atom is -0.370 e. The summed E-state index contributed by atoms with van der Waals surface area (Å²) in [5.74, 6) is -0.0801. The summed E-state index contributed by atoms with van der Waals surface area (Å²) in [6, 6.07) is -0.670. The van der Waals surface area contributed by atoms with Gasteiger partial charge in [0.25, 0.3) is 0 Å². The average Bonchev–Trinajstić information content (AvgIpc) is 2.84. The van der Waals surface area contributed by atoms with Gasteiger partial charge in [-0.25, -0.2) is 0 Å². The molecule has 0 aliphatic carbocycles. The zero-order chi connectivity index (χ0) is 14.7. The number of likely N-dealkylation sites (tertiary alicyclic amines) is 1. The van der Waals surface area contributed by atoms with Crippen molar-refractivity contribution in [3.8, 4) is 0 Å². The fraction of sp³-hybridized carbons (Fsp3) is 0.615. The lowest BCUT2D eigenvalue weighted by molar-refractivity contribution is -0.134. The third-order valence-electron chi connectivity index (χ3n) is 3.77. The highest BCUT2D eigenvalue weighted by molar-refractivity contribution is 5.83. The quantitative estimate of drug-likeness (QED) is 0.777. The van der Waals surface area contributed by atoms with Crippen LogP contribution in [0.2, 0.25) is 0 Å². The van der Waals surface area contributed by atoms with Crippen LogP contribution >= 0.6 is 0 Å². The van der Waals surface area contributed by atoms with Crippen molar-refractivity contribution in [1.29, 1.82) is 0 Å². The third-order valence-corrected chi connectivity index (χ3v) is 3.77. The highest BCUT2D eigenvalue weighted by Crippen LogP contribution is 2.22. The van der Waals surface area contributed by atoms with E-state index in [1.807, 2.05) is 0 Å². The summed E-state index contributed by atoms with van der Waals surface area (Å²) in [7, 11) is 1.79. The summed E-state index contributed by atoms with van der Waals surface area (Å²) in [5, 5.41) is 4.02. The number of piperidine rings is 1. The normalized spacial score (nSPS) is 18.0. The first-order valence-corrected chi connectivity index (χ1v) is 6.78. The van der Waals surface area contributed by atoms with Crippen LogP contribution in [0.1, 0.15) is 30.9 Å². The molecule has 1 aromatic rings. The second-order valence-electron chi connectivity index (χ2n) is 5.36. The molecule has 0 bridgehead atoms. The van der Waals surface area contributed by atoms with Gasteiger partial charge in [-0.05, 0) is 18.8 Å². The van der Waals surface area contributed by atoms with Crippen molar-refractivity contribution in [2.45, 2.75) is 25.3 Å². The van der Waals surface area contributed by atoms with Gasteiger partial charge in [-0.1, -0.05) is 0 Å². The summed E-state index contributed by atoms with van der Waals surface area (Å²) in [6.45, 7) is 1.26. The highest BCUT2D eigenvalue weighted by Gasteiger charge is 2.28. The van der Waals surface area contributed by atoms with Crippen LogP contribution in [-0.4, -0.2) is 39.6 Å². The second-order valence-corrected chi connectivity index (χ2v) is 5.36. The van der Waals surface area contributed by atoms with E-state index in [2.05, 4.69) is 5.10 Å². The molecule has 2 amide bonds. The van der Waals surface area contributed by atoms with E-state index in [-0.39, 0.29) is 17.7 Å². The topological polar surface area (TPSA) is 107 Å². The van der Waals surface area contributed by atoms with Crippen molar-refractivity contribution >= 4 is 11.8 Å². The zero-order valence-corrected chi connectivity index (χ0v) is 11.7. The van der Waals surface area contributed by atoms with Crippen LogP contribution in [0.5, 0.6) is 0 Å². The molecule has 7 heteroatoms. The Morgan fingerprint density at radius 2 is 2.10 bits per heavy atom. The van der Waals surface area contributed by atoms with Crippen LogP contribution in [0, 0.1) is 5.92 Å². The van der Waals surface area contributed by atoms with E-state index in [0.717, 1.165) is 18.4 Å². The van der Waals surface area contributed by atoms with Gasteiger partial charge in [0, 0.05) is 38.3 Å². The number of primary amides is 1. The Morgan fingerprint density at radius 3 is 2.60 bits per heavy atom. The fourth-order valence-corrected chi connectivity index (χ4v) is 2.58. The van der Waals surface area contributed by atoms with E-state index in [9.17, 15) is 9.59 Å². The molecule has 1 aliphatic heterocycles. The zero-order valence-electron chi connectivity index (χ0n) is 11.7. The number of amides is 2. The van der Waals surface area contributed by atoms with Gasteiger partial charge in [-0.2, -0.15) is 5.10 Å². The number of carbonyl (C=O) groups is 2. The SMILES string of the molecule is Cn1cc(C(N)C(=O)N2CCC(CC(N)=O)CC2)cn1. The van der Waals surface area contributed by atoms with E-state index < -0.39 is 6.04 Å². The van der Waals surface area contributed by atoms with Crippen molar-refractivity contribution in [1.82, 2.24) is 14.7 Å². The number of hydrogen-bond acceptors (Lipinski definition) is 4. The van der Waals surface area contributed by atoms with E-state index in [4.69, 9.17) is 11.5 Å².